The number of primary amides is 1. The second kappa shape index (κ2) is 6.21. The molecule has 0 saturated carbocycles. The van der Waals surface area contributed by atoms with Gasteiger partial charge in [0.25, 0.3) is 5.91 Å². The lowest BCUT2D eigenvalue weighted by Gasteiger charge is -2.26. The van der Waals surface area contributed by atoms with Gasteiger partial charge in [-0.05, 0) is 24.3 Å². The van der Waals surface area contributed by atoms with Crippen molar-refractivity contribution in [2.24, 2.45) is 5.73 Å². The molecule has 2 N–H and O–H groups in total. The molecule has 0 bridgehead atoms. The van der Waals surface area contributed by atoms with Crippen LogP contribution in [0.5, 0.6) is 5.75 Å². The van der Waals surface area contributed by atoms with Crippen LogP contribution in [-0.2, 0) is 19.6 Å². The van der Waals surface area contributed by atoms with Crippen molar-refractivity contribution in [3.8, 4) is 5.75 Å². The minimum Gasteiger partial charge on any atom is -0.484 e. The highest BCUT2D eigenvalue weighted by Gasteiger charge is 2.26. The smallest absolute Gasteiger partial charge is 0.255 e. The fourth-order valence-corrected chi connectivity index (χ4v) is 3.21. The zero-order chi connectivity index (χ0) is 14.6. The Balaban J connectivity index is 2.10. The molecule has 0 atom stereocenters. The average Bonchev–Trinajstić information content (AvgIpc) is 2.46. The lowest BCUT2D eigenvalue weighted by atomic mass is 10.3. The summed E-state index contributed by atoms with van der Waals surface area (Å²) in [5.41, 5.74) is 4.96. The van der Waals surface area contributed by atoms with Crippen molar-refractivity contribution < 1.29 is 22.7 Å². The molecule has 1 saturated heterocycles. The zero-order valence-electron chi connectivity index (χ0n) is 10.8. The van der Waals surface area contributed by atoms with E-state index in [1.165, 1.54) is 28.6 Å². The predicted octanol–water partition coefficient (Wildman–Crippen LogP) is -0.428. The predicted molar refractivity (Wildman–Crippen MR) is 70.7 cm³/mol. The van der Waals surface area contributed by atoms with Gasteiger partial charge in [0.1, 0.15) is 5.75 Å². The standard InChI is InChI=1S/C12H16N2O5S/c13-12(15)9-19-10-1-3-11(4-2-10)20(16,17)14-5-7-18-8-6-14/h1-4H,5-9H2,(H2,13,15). The van der Waals surface area contributed by atoms with Crippen LogP contribution in [0.2, 0.25) is 0 Å². The third-order valence-electron chi connectivity index (χ3n) is 2.81. The molecule has 2 rings (SSSR count). The van der Waals surface area contributed by atoms with Gasteiger partial charge in [0.2, 0.25) is 10.0 Å². The largest absolute Gasteiger partial charge is 0.484 e. The van der Waals surface area contributed by atoms with Gasteiger partial charge in [-0.2, -0.15) is 4.31 Å². The first kappa shape index (κ1) is 14.8. The minimum atomic E-state index is -3.50. The number of sulfonamides is 1. The highest BCUT2D eigenvalue weighted by atomic mass is 32.2. The van der Waals surface area contributed by atoms with Gasteiger partial charge in [0.15, 0.2) is 6.61 Å². The van der Waals surface area contributed by atoms with Crippen molar-refractivity contribution in [2.75, 3.05) is 32.9 Å². The molecule has 110 valence electrons. The van der Waals surface area contributed by atoms with E-state index >= 15 is 0 Å². The maximum absolute atomic E-state index is 12.3. The average molecular weight is 300 g/mol. The SMILES string of the molecule is NC(=O)COc1ccc(S(=O)(=O)N2CCOCC2)cc1. The number of carbonyl (C=O) groups excluding carboxylic acids is 1. The van der Waals surface area contributed by atoms with Crippen molar-refractivity contribution >= 4 is 15.9 Å². The molecule has 0 unspecified atom stereocenters. The van der Waals surface area contributed by atoms with E-state index in [9.17, 15) is 13.2 Å². The Morgan fingerprint density at radius 2 is 1.85 bits per heavy atom. The van der Waals surface area contributed by atoms with Crippen molar-refractivity contribution in [1.82, 2.24) is 4.31 Å². The highest BCUT2D eigenvalue weighted by Crippen LogP contribution is 2.20. The molecule has 0 aliphatic carbocycles. The van der Waals surface area contributed by atoms with Crippen LogP contribution in [-0.4, -0.2) is 51.5 Å². The van der Waals surface area contributed by atoms with E-state index in [1.54, 1.807) is 0 Å². The molecule has 1 amide bonds. The van der Waals surface area contributed by atoms with E-state index in [0.717, 1.165) is 0 Å². The molecule has 8 heteroatoms. The van der Waals surface area contributed by atoms with Gasteiger partial charge in [0.05, 0.1) is 18.1 Å². The summed E-state index contributed by atoms with van der Waals surface area (Å²) in [6.07, 6.45) is 0. The minimum absolute atomic E-state index is 0.186. The van der Waals surface area contributed by atoms with Crippen LogP contribution in [0.4, 0.5) is 0 Å². The fourth-order valence-electron chi connectivity index (χ4n) is 1.80. The number of morpholine rings is 1. The summed E-state index contributed by atoms with van der Waals surface area (Å²) in [6.45, 7) is 1.26. The first-order valence-electron chi connectivity index (χ1n) is 6.09. The number of carbonyl (C=O) groups is 1. The first-order chi connectivity index (χ1) is 9.50. The van der Waals surface area contributed by atoms with Crippen LogP contribution in [0.1, 0.15) is 0 Å². The van der Waals surface area contributed by atoms with Crippen molar-refractivity contribution in [1.29, 1.82) is 0 Å². The molecule has 7 nitrogen and oxygen atoms in total. The molecule has 1 aromatic carbocycles. The van der Waals surface area contributed by atoms with Gasteiger partial charge in [0, 0.05) is 13.1 Å². The number of nitrogens with two attached hydrogens (primary N) is 1. The Morgan fingerprint density at radius 1 is 1.25 bits per heavy atom. The fraction of sp³-hybridized carbons (Fsp3) is 0.417. The molecule has 1 aliphatic heterocycles. The summed E-state index contributed by atoms with van der Waals surface area (Å²) in [5, 5.41) is 0. The van der Waals surface area contributed by atoms with Crippen LogP contribution in [0.15, 0.2) is 29.2 Å². The van der Waals surface area contributed by atoms with E-state index in [-0.39, 0.29) is 11.5 Å². The number of ether oxygens (including phenoxy) is 2. The lowest BCUT2D eigenvalue weighted by Crippen LogP contribution is -2.40. The number of hydrogen-bond acceptors (Lipinski definition) is 5. The molecule has 20 heavy (non-hydrogen) atoms. The third kappa shape index (κ3) is 3.47. The van der Waals surface area contributed by atoms with E-state index in [2.05, 4.69) is 0 Å². The summed E-state index contributed by atoms with van der Waals surface area (Å²) in [4.78, 5) is 10.8. The van der Waals surface area contributed by atoms with Crippen LogP contribution < -0.4 is 10.5 Å². The van der Waals surface area contributed by atoms with Crippen LogP contribution in [0, 0.1) is 0 Å². The van der Waals surface area contributed by atoms with Gasteiger partial charge in [-0.25, -0.2) is 8.42 Å². The third-order valence-corrected chi connectivity index (χ3v) is 4.73. The second-order valence-electron chi connectivity index (χ2n) is 4.24. The number of amides is 1. The van der Waals surface area contributed by atoms with Gasteiger partial charge < -0.3 is 15.2 Å². The van der Waals surface area contributed by atoms with Gasteiger partial charge in [-0.15, -0.1) is 0 Å². The molecule has 0 spiro atoms. The maximum atomic E-state index is 12.3. The Morgan fingerprint density at radius 3 is 2.40 bits per heavy atom. The topological polar surface area (TPSA) is 98.9 Å². The van der Waals surface area contributed by atoms with E-state index < -0.39 is 15.9 Å². The summed E-state index contributed by atoms with van der Waals surface area (Å²) < 4.78 is 36.2. The maximum Gasteiger partial charge on any atom is 0.255 e. The summed E-state index contributed by atoms with van der Waals surface area (Å²) >= 11 is 0. The number of benzene rings is 1. The molecule has 0 aromatic heterocycles. The molecular formula is C12H16N2O5S. The van der Waals surface area contributed by atoms with Crippen LogP contribution >= 0.6 is 0 Å². The number of nitrogens with zero attached hydrogens (tertiary/aromatic N) is 1. The Bertz CT molecular complexity index is 564. The summed E-state index contributed by atoms with van der Waals surface area (Å²) in [7, 11) is -3.50. The zero-order valence-corrected chi connectivity index (χ0v) is 11.6. The normalized spacial score (nSPS) is 16.8. The summed E-state index contributed by atoms with van der Waals surface area (Å²) in [6, 6.07) is 5.88. The lowest BCUT2D eigenvalue weighted by molar-refractivity contribution is -0.119. The van der Waals surface area contributed by atoms with E-state index in [4.69, 9.17) is 15.2 Å². The van der Waals surface area contributed by atoms with Crippen molar-refractivity contribution in [2.45, 2.75) is 4.90 Å². The Labute approximate surface area is 117 Å². The van der Waals surface area contributed by atoms with Gasteiger partial charge >= 0.3 is 0 Å². The number of rotatable bonds is 5. The van der Waals surface area contributed by atoms with Crippen LogP contribution in [0.3, 0.4) is 0 Å². The van der Waals surface area contributed by atoms with Gasteiger partial charge in [-0.1, -0.05) is 0 Å². The molecular weight excluding hydrogens is 284 g/mol. The van der Waals surface area contributed by atoms with E-state index in [0.29, 0.717) is 32.1 Å². The van der Waals surface area contributed by atoms with Gasteiger partial charge in [-0.3, -0.25) is 4.79 Å². The Kier molecular flexibility index (Phi) is 4.58. The molecule has 0 radical (unpaired) electrons. The second-order valence-corrected chi connectivity index (χ2v) is 6.18. The van der Waals surface area contributed by atoms with Crippen LogP contribution in [0.25, 0.3) is 0 Å². The van der Waals surface area contributed by atoms with Crippen molar-refractivity contribution in [3.63, 3.8) is 0 Å². The molecule has 1 aromatic rings. The summed E-state index contributed by atoms with van der Waals surface area (Å²) in [5.74, 6) is -0.195. The molecule has 1 aliphatic rings. The molecule has 1 heterocycles. The van der Waals surface area contributed by atoms with Crippen molar-refractivity contribution in [3.05, 3.63) is 24.3 Å². The monoisotopic (exact) mass is 300 g/mol. The van der Waals surface area contributed by atoms with E-state index in [1.807, 2.05) is 0 Å². The molecule has 1 fully saturated rings. The first-order valence-corrected chi connectivity index (χ1v) is 7.53. The quantitative estimate of drug-likeness (QED) is 0.795. The highest BCUT2D eigenvalue weighted by molar-refractivity contribution is 7.89. The Hall–Kier alpha value is -1.64. The number of hydrogen-bond donors (Lipinski definition) is 1.